The van der Waals surface area contributed by atoms with E-state index in [1.165, 1.54) is 6.92 Å². The summed E-state index contributed by atoms with van der Waals surface area (Å²) >= 11 is 0. The van der Waals surface area contributed by atoms with Gasteiger partial charge < -0.3 is 24.8 Å². The van der Waals surface area contributed by atoms with E-state index in [-0.39, 0.29) is 35.4 Å². The van der Waals surface area contributed by atoms with Crippen molar-refractivity contribution in [3.8, 4) is 33.6 Å². The molecule has 2 atom stereocenters. The summed E-state index contributed by atoms with van der Waals surface area (Å²) in [5, 5.41) is 3.26. The van der Waals surface area contributed by atoms with Crippen molar-refractivity contribution in [1.29, 1.82) is 0 Å². The number of nitrogens with zero attached hydrogens (tertiary/aromatic N) is 2. The summed E-state index contributed by atoms with van der Waals surface area (Å²) < 4.78 is 11.8. The van der Waals surface area contributed by atoms with E-state index in [2.05, 4.69) is 110 Å². The van der Waals surface area contributed by atoms with Crippen molar-refractivity contribution in [3.05, 3.63) is 72.6 Å². The van der Waals surface area contributed by atoms with Crippen LogP contribution in [0.25, 0.3) is 33.6 Å². The number of esters is 1. The van der Waals surface area contributed by atoms with Gasteiger partial charge >= 0.3 is 5.97 Å². The maximum Gasteiger partial charge on any atom is 0.302 e. The van der Waals surface area contributed by atoms with Gasteiger partial charge in [-0.2, -0.15) is 0 Å². The third-order valence-corrected chi connectivity index (χ3v) is 9.65. The zero-order chi connectivity index (χ0) is 34.3. The molecule has 3 fully saturated rings. The van der Waals surface area contributed by atoms with E-state index < -0.39 is 17.6 Å². The lowest BCUT2D eigenvalue weighted by atomic mass is 9.71. The van der Waals surface area contributed by atoms with Crippen molar-refractivity contribution < 1.29 is 19.1 Å². The summed E-state index contributed by atoms with van der Waals surface area (Å²) in [6, 6.07) is 16.5. The van der Waals surface area contributed by atoms with Gasteiger partial charge in [-0.05, 0) is 58.8 Å². The fourth-order valence-corrected chi connectivity index (χ4v) is 7.07. The first-order valence-electron chi connectivity index (χ1n) is 17.1. The van der Waals surface area contributed by atoms with Gasteiger partial charge in [0.1, 0.15) is 18.3 Å². The molecule has 4 aromatic rings. The predicted octanol–water partition coefficient (Wildman–Crippen LogP) is 7.82. The molecule has 2 aromatic heterocycles. The molecule has 48 heavy (non-hydrogen) atoms. The van der Waals surface area contributed by atoms with E-state index in [1.807, 2.05) is 12.4 Å². The van der Waals surface area contributed by atoms with Crippen LogP contribution in [-0.4, -0.2) is 50.1 Å². The summed E-state index contributed by atoms with van der Waals surface area (Å²) in [4.78, 5) is 42.1. The highest BCUT2D eigenvalue weighted by Crippen LogP contribution is 2.45. The average Bonchev–Trinajstić information content (AvgIpc) is 3.72. The minimum atomic E-state index is -1.19. The van der Waals surface area contributed by atoms with Crippen molar-refractivity contribution in [1.82, 2.24) is 25.3 Å². The SMILES string of the molecule is CC(=O)OCC1(C(=O)NC(c2ncc(-c3ccc(-c4ccc(-c5cnc(CC(C)(C)C)[nH]5)cc4)cc3)[nH]2)C(C)(C)C)OC2CCC1CC2. The molecule has 2 aromatic carbocycles. The number of fused-ring (bicyclic) bond motifs is 3. The van der Waals surface area contributed by atoms with E-state index in [0.717, 1.165) is 71.6 Å². The van der Waals surface area contributed by atoms with Gasteiger partial charge in [0.15, 0.2) is 5.60 Å². The summed E-state index contributed by atoms with van der Waals surface area (Å²) in [6.07, 6.45) is 8.25. The molecule has 0 spiro atoms. The Morgan fingerprint density at radius 1 is 0.854 bits per heavy atom. The summed E-state index contributed by atoms with van der Waals surface area (Å²) in [5.74, 6) is 1.00. The third-order valence-electron chi connectivity index (χ3n) is 9.65. The van der Waals surface area contributed by atoms with Crippen LogP contribution in [0.2, 0.25) is 0 Å². The van der Waals surface area contributed by atoms with Gasteiger partial charge in [0.05, 0.1) is 35.9 Å². The summed E-state index contributed by atoms with van der Waals surface area (Å²) in [5.41, 5.74) is 4.86. The number of amides is 1. The summed E-state index contributed by atoms with van der Waals surface area (Å²) in [6.45, 7) is 14.1. The van der Waals surface area contributed by atoms with Crippen LogP contribution < -0.4 is 5.32 Å². The fourth-order valence-electron chi connectivity index (χ4n) is 7.07. The largest absolute Gasteiger partial charge is 0.462 e. The minimum absolute atomic E-state index is 0.00103. The molecule has 7 rings (SSSR count). The smallest absolute Gasteiger partial charge is 0.302 e. The number of nitrogens with one attached hydrogen (secondary N) is 3. The van der Waals surface area contributed by atoms with Crippen LogP contribution >= 0.6 is 0 Å². The van der Waals surface area contributed by atoms with Crippen molar-refractivity contribution in [3.63, 3.8) is 0 Å². The predicted molar refractivity (Wildman–Crippen MR) is 187 cm³/mol. The lowest BCUT2D eigenvalue weighted by Gasteiger charge is -2.50. The first-order chi connectivity index (χ1) is 22.7. The van der Waals surface area contributed by atoms with Crippen LogP contribution in [0.1, 0.15) is 91.8 Å². The topological polar surface area (TPSA) is 122 Å². The molecule has 3 aliphatic rings. The molecule has 9 heteroatoms. The molecule has 2 bridgehead atoms. The number of hydrogen-bond acceptors (Lipinski definition) is 6. The lowest BCUT2D eigenvalue weighted by molar-refractivity contribution is -0.219. The van der Waals surface area contributed by atoms with Gasteiger partial charge in [-0.1, -0.05) is 90.1 Å². The van der Waals surface area contributed by atoms with Crippen LogP contribution in [-0.2, 0) is 25.5 Å². The molecular weight excluding hydrogens is 602 g/mol. The van der Waals surface area contributed by atoms with Gasteiger partial charge in [0.2, 0.25) is 0 Å². The molecule has 4 heterocycles. The number of carbonyl (C=O) groups excluding carboxylic acids is 2. The van der Waals surface area contributed by atoms with Crippen LogP contribution in [0.4, 0.5) is 0 Å². The second-order valence-electron chi connectivity index (χ2n) is 15.9. The second-order valence-corrected chi connectivity index (χ2v) is 15.9. The van der Waals surface area contributed by atoms with E-state index in [1.54, 1.807) is 0 Å². The van der Waals surface area contributed by atoms with Gasteiger partial charge in [-0.3, -0.25) is 9.59 Å². The second kappa shape index (κ2) is 13.0. The Balaban J connectivity index is 1.17. The first-order valence-corrected chi connectivity index (χ1v) is 17.1. The highest BCUT2D eigenvalue weighted by molar-refractivity contribution is 5.87. The molecule has 2 unspecified atom stereocenters. The van der Waals surface area contributed by atoms with Crippen LogP contribution in [0, 0.1) is 16.7 Å². The number of aromatic amines is 2. The Labute approximate surface area is 283 Å². The van der Waals surface area contributed by atoms with Crippen molar-refractivity contribution >= 4 is 11.9 Å². The van der Waals surface area contributed by atoms with Crippen molar-refractivity contribution in [2.45, 2.75) is 98.3 Å². The average molecular weight is 652 g/mol. The van der Waals surface area contributed by atoms with Crippen LogP contribution in [0.5, 0.6) is 0 Å². The van der Waals surface area contributed by atoms with Gasteiger partial charge in [0, 0.05) is 19.3 Å². The molecule has 3 N–H and O–H groups in total. The molecular formula is C39H49N5O4. The molecule has 9 nitrogen and oxygen atoms in total. The maximum atomic E-state index is 14.1. The van der Waals surface area contributed by atoms with Gasteiger partial charge in [-0.25, -0.2) is 9.97 Å². The highest BCUT2D eigenvalue weighted by Gasteiger charge is 2.55. The normalized spacial score (nSPS) is 21.6. The van der Waals surface area contributed by atoms with E-state index in [4.69, 9.17) is 14.5 Å². The number of imidazole rings is 2. The minimum Gasteiger partial charge on any atom is -0.462 e. The lowest BCUT2D eigenvalue weighted by Crippen LogP contribution is -2.64. The monoisotopic (exact) mass is 651 g/mol. The Kier molecular flexibility index (Phi) is 9.11. The van der Waals surface area contributed by atoms with Crippen LogP contribution in [0.3, 0.4) is 0 Å². The van der Waals surface area contributed by atoms with E-state index in [9.17, 15) is 9.59 Å². The number of ether oxygens (including phenoxy) is 2. The standard InChI is InChI=1S/C39H49N5O4/c1-24(45)47-23-39(29-16-18-30(48-39)19-17-29)36(46)44-34(38(5,6)7)35-41-22-32(43-35)28-14-10-26(11-15-28)25-8-12-27(13-9-25)31-21-40-33(42-31)20-37(2,3)4/h8-15,21-22,29-30,34H,16-20,23H2,1-7H3,(H,40,42)(H,41,43)(H,44,46). The Bertz CT molecular complexity index is 1730. The number of benzene rings is 2. The summed E-state index contributed by atoms with van der Waals surface area (Å²) in [7, 11) is 0. The van der Waals surface area contributed by atoms with E-state index >= 15 is 0 Å². The molecule has 2 saturated heterocycles. The number of H-pyrrole nitrogens is 2. The number of rotatable bonds is 9. The van der Waals surface area contributed by atoms with Gasteiger partial charge in [0.25, 0.3) is 5.91 Å². The molecule has 1 aliphatic carbocycles. The number of carbonyl (C=O) groups is 2. The van der Waals surface area contributed by atoms with Gasteiger partial charge in [-0.15, -0.1) is 0 Å². The molecule has 1 amide bonds. The zero-order valence-corrected chi connectivity index (χ0v) is 29.3. The quantitative estimate of drug-likeness (QED) is 0.159. The van der Waals surface area contributed by atoms with Crippen molar-refractivity contribution in [2.24, 2.45) is 16.7 Å². The maximum absolute atomic E-state index is 14.1. The fraction of sp³-hybridized carbons (Fsp3) is 0.487. The molecule has 2 aliphatic heterocycles. The number of hydrogen-bond donors (Lipinski definition) is 3. The number of aromatic nitrogens is 4. The highest BCUT2D eigenvalue weighted by atomic mass is 16.6. The third kappa shape index (κ3) is 7.26. The molecule has 1 saturated carbocycles. The first kappa shape index (κ1) is 33.7. The Morgan fingerprint density at radius 3 is 1.90 bits per heavy atom. The molecule has 0 radical (unpaired) electrons. The van der Waals surface area contributed by atoms with Crippen molar-refractivity contribution in [2.75, 3.05) is 6.61 Å². The van der Waals surface area contributed by atoms with Crippen LogP contribution in [0.15, 0.2) is 60.9 Å². The Hall–Kier alpha value is -4.24. The Morgan fingerprint density at radius 2 is 1.40 bits per heavy atom. The molecule has 254 valence electrons. The van der Waals surface area contributed by atoms with E-state index in [0.29, 0.717) is 5.82 Å². The zero-order valence-electron chi connectivity index (χ0n) is 29.3.